The molecular weight excluding hydrogens is 308 g/mol. The number of rotatable bonds is 3. The topological polar surface area (TPSA) is 55.1 Å². The third-order valence-electron chi connectivity index (χ3n) is 3.10. The van der Waals surface area contributed by atoms with Gasteiger partial charge in [-0.2, -0.15) is 0 Å². The van der Waals surface area contributed by atoms with E-state index in [2.05, 4.69) is 20.6 Å². The first kappa shape index (κ1) is 15.1. The highest BCUT2D eigenvalue weighted by atomic mass is 32.1. The van der Waals surface area contributed by atoms with Gasteiger partial charge >= 0.3 is 11.2 Å². The van der Waals surface area contributed by atoms with Crippen molar-refractivity contribution >= 4 is 29.0 Å². The minimum Gasteiger partial charge on any atom is -0.331 e. The molecule has 0 amide bonds. The van der Waals surface area contributed by atoms with Crippen molar-refractivity contribution in [3.63, 3.8) is 0 Å². The number of nitrogens with one attached hydrogen (secondary N) is 1. The van der Waals surface area contributed by atoms with Gasteiger partial charge in [0.2, 0.25) is 11.7 Å². The van der Waals surface area contributed by atoms with Crippen molar-refractivity contribution in [1.29, 1.82) is 0 Å². The zero-order chi connectivity index (χ0) is 16.1. The molecule has 0 unspecified atom stereocenters. The van der Waals surface area contributed by atoms with E-state index in [4.69, 9.17) is 12.2 Å². The summed E-state index contributed by atoms with van der Waals surface area (Å²) in [5.41, 5.74) is 2.01. The van der Waals surface area contributed by atoms with Crippen LogP contribution in [0.1, 0.15) is 5.56 Å². The highest BCUT2D eigenvalue weighted by Crippen LogP contribution is 2.09. The number of nitrogens with zero attached hydrogens (tertiary/aromatic N) is 5. The van der Waals surface area contributed by atoms with Crippen LogP contribution in [0.2, 0.25) is 0 Å². The van der Waals surface area contributed by atoms with Crippen LogP contribution in [0.5, 0.6) is 0 Å². The monoisotopic (exact) mass is 324 g/mol. The molecule has 0 saturated carbocycles. The van der Waals surface area contributed by atoms with Gasteiger partial charge < -0.3 is 5.32 Å². The van der Waals surface area contributed by atoms with E-state index < -0.39 is 0 Å². The predicted molar refractivity (Wildman–Crippen MR) is 91.5 cm³/mol. The summed E-state index contributed by atoms with van der Waals surface area (Å²) >= 11 is 5.28. The third-order valence-corrected chi connectivity index (χ3v) is 3.30. The quantitative estimate of drug-likeness (QED) is 0.695. The average molecular weight is 324 g/mol. The molecule has 0 bridgehead atoms. The number of aliphatic imine (C=N–C) groups is 1. The summed E-state index contributed by atoms with van der Waals surface area (Å²) in [5.74, 6) is 0.463. The first-order valence-corrected chi connectivity index (χ1v) is 7.55. The number of guanidine groups is 1. The number of azo groups is 1. The van der Waals surface area contributed by atoms with Crippen LogP contribution >= 0.6 is 12.2 Å². The molecule has 1 N–H and O–H groups in total. The molecule has 1 aliphatic heterocycles. The van der Waals surface area contributed by atoms with E-state index in [1.165, 1.54) is 4.81 Å². The molecule has 0 radical (unpaired) electrons. The molecule has 0 fully saturated rings. The Balaban J connectivity index is 1.74. The van der Waals surface area contributed by atoms with Gasteiger partial charge in [0.15, 0.2) is 7.05 Å². The van der Waals surface area contributed by atoms with Gasteiger partial charge in [0, 0.05) is 15.9 Å². The lowest BCUT2D eigenvalue weighted by molar-refractivity contribution is -0.671. The van der Waals surface area contributed by atoms with Gasteiger partial charge in [-0.3, -0.25) is 0 Å². The summed E-state index contributed by atoms with van der Waals surface area (Å²) in [6, 6.07) is 19.7. The number of hydrogen-bond donors (Lipinski definition) is 1. The van der Waals surface area contributed by atoms with E-state index in [-0.39, 0.29) is 0 Å². The number of hydrogen-bond acceptors (Lipinski definition) is 2. The van der Waals surface area contributed by atoms with Gasteiger partial charge in [0.25, 0.3) is 0 Å². The lowest BCUT2D eigenvalue weighted by Gasteiger charge is -2.01. The first-order chi connectivity index (χ1) is 11.2. The van der Waals surface area contributed by atoms with E-state index in [0.717, 1.165) is 11.3 Å². The Labute approximate surface area is 139 Å². The minimum atomic E-state index is 0.346. The Morgan fingerprint density at radius 2 is 1.74 bits per heavy atom. The van der Waals surface area contributed by atoms with E-state index in [1.807, 2.05) is 60.7 Å². The van der Waals surface area contributed by atoms with Gasteiger partial charge in [-0.1, -0.05) is 48.5 Å². The first-order valence-electron chi connectivity index (χ1n) is 7.14. The highest BCUT2D eigenvalue weighted by molar-refractivity contribution is 7.80. The van der Waals surface area contributed by atoms with Crippen molar-refractivity contribution in [2.45, 2.75) is 6.54 Å². The number of benzene rings is 2. The molecule has 2 aromatic rings. The zero-order valence-electron chi connectivity index (χ0n) is 12.6. The van der Waals surface area contributed by atoms with Crippen LogP contribution in [0.3, 0.4) is 0 Å². The molecule has 6 nitrogen and oxygen atoms in total. The fraction of sp³-hybridized carbons (Fsp3) is 0.125. The molecule has 114 valence electrons. The Morgan fingerprint density at radius 3 is 2.43 bits per heavy atom. The molecule has 7 heteroatoms. The summed E-state index contributed by atoms with van der Waals surface area (Å²) in [6.45, 7) is 0.585. The fourth-order valence-corrected chi connectivity index (χ4v) is 2.30. The maximum Gasteiger partial charge on any atom is 0.498 e. The van der Waals surface area contributed by atoms with Gasteiger partial charge in [0.05, 0.1) is 4.81 Å². The highest BCUT2D eigenvalue weighted by Gasteiger charge is 2.33. The van der Waals surface area contributed by atoms with Crippen molar-refractivity contribution in [1.82, 2.24) is 0 Å². The molecule has 2 aromatic carbocycles. The molecule has 0 aliphatic carbocycles. The molecule has 0 aromatic heterocycles. The van der Waals surface area contributed by atoms with Crippen LogP contribution in [0.15, 0.2) is 76.0 Å². The van der Waals surface area contributed by atoms with Gasteiger partial charge in [0.1, 0.15) is 5.11 Å². The van der Waals surface area contributed by atoms with Crippen molar-refractivity contribution in [2.75, 3.05) is 12.4 Å². The molecule has 1 aliphatic rings. The maximum atomic E-state index is 5.28. The second-order valence-electron chi connectivity index (χ2n) is 4.93. The van der Waals surface area contributed by atoms with Crippen molar-refractivity contribution in [3.8, 4) is 0 Å². The smallest absolute Gasteiger partial charge is 0.331 e. The molecule has 3 rings (SSSR count). The summed E-state index contributed by atoms with van der Waals surface area (Å²) in [6.07, 6.45) is 0. The number of thiocarbonyl (C=S) groups is 1. The molecule has 0 saturated heterocycles. The third kappa shape index (κ3) is 4.10. The molecule has 1 heterocycles. The van der Waals surface area contributed by atoms with Crippen molar-refractivity contribution in [2.24, 2.45) is 15.3 Å². The van der Waals surface area contributed by atoms with Crippen molar-refractivity contribution in [3.05, 3.63) is 66.2 Å². The summed E-state index contributed by atoms with van der Waals surface area (Å²) in [5, 5.41) is 12.0. The molecule has 23 heavy (non-hydrogen) atoms. The van der Waals surface area contributed by atoms with E-state index >= 15 is 0 Å². The standard InChI is InChI=1S/C16H15N6S/c1-21-19-15(18-16(23)17-14-10-6-3-7-11-14)22(20-21)12-13-8-4-2-5-9-13/h2-11H,12H2,1H3/q+1/p+1/b18-15-. The lowest BCUT2D eigenvalue weighted by Crippen LogP contribution is -2.17. The normalized spacial score (nSPS) is 15.3. The Hall–Kier alpha value is -2.80. The SMILES string of the molecule is C[N+]1=N/C(=N/C(=S)Nc2ccccc2)[N+](Cc2ccccc2)=N1. The number of para-hydroxylation sites is 1. The van der Waals surface area contributed by atoms with Crippen LogP contribution in [0, 0.1) is 0 Å². The Morgan fingerprint density at radius 1 is 1.09 bits per heavy atom. The van der Waals surface area contributed by atoms with Gasteiger partial charge in [-0.25, -0.2) is 0 Å². The number of anilines is 1. The van der Waals surface area contributed by atoms with E-state index in [0.29, 0.717) is 17.6 Å². The van der Waals surface area contributed by atoms with Gasteiger partial charge in [-0.05, 0) is 24.4 Å². The second-order valence-corrected chi connectivity index (χ2v) is 5.32. The molecule has 0 spiro atoms. The molecule has 0 atom stereocenters. The van der Waals surface area contributed by atoms with Crippen LogP contribution in [0.25, 0.3) is 0 Å². The van der Waals surface area contributed by atoms with Crippen molar-refractivity contribution < 1.29 is 9.50 Å². The van der Waals surface area contributed by atoms with Gasteiger partial charge in [-0.15, -0.1) is 4.99 Å². The summed E-state index contributed by atoms with van der Waals surface area (Å²) < 4.78 is 1.72. The van der Waals surface area contributed by atoms with E-state index in [9.17, 15) is 0 Å². The maximum absolute atomic E-state index is 5.28. The average Bonchev–Trinajstić information content (AvgIpc) is 2.88. The van der Waals surface area contributed by atoms with Crippen LogP contribution in [-0.2, 0) is 6.54 Å². The predicted octanol–water partition coefficient (Wildman–Crippen LogP) is 3.43. The zero-order valence-corrected chi connectivity index (χ0v) is 13.4. The van der Waals surface area contributed by atoms with Crippen LogP contribution in [0.4, 0.5) is 5.69 Å². The van der Waals surface area contributed by atoms with E-state index in [1.54, 1.807) is 11.7 Å². The molecular formula is C16H16N6S+2. The summed E-state index contributed by atoms with van der Waals surface area (Å²) in [7, 11) is 1.76. The summed E-state index contributed by atoms with van der Waals surface area (Å²) in [4.78, 5) is 5.84. The second kappa shape index (κ2) is 6.97. The fourth-order valence-electron chi connectivity index (χ4n) is 2.10. The Kier molecular flexibility index (Phi) is 4.58. The van der Waals surface area contributed by atoms with Crippen LogP contribution in [-0.4, -0.2) is 27.6 Å². The Bertz CT molecular complexity index is 796. The lowest BCUT2D eigenvalue weighted by atomic mass is 10.2. The minimum absolute atomic E-state index is 0.346. The largest absolute Gasteiger partial charge is 0.498 e. The van der Waals surface area contributed by atoms with Crippen LogP contribution < -0.4 is 5.32 Å².